The topological polar surface area (TPSA) is 81.7 Å². The van der Waals surface area contributed by atoms with Gasteiger partial charge in [-0.2, -0.15) is 0 Å². The highest BCUT2D eigenvalue weighted by Crippen LogP contribution is 2.14. The molecule has 0 unspecified atom stereocenters. The van der Waals surface area contributed by atoms with Gasteiger partial charge >= 0.3 is 0 Å². The minimum atomic E-state index is -3.88. The maximum atomic E-state index is 12.2. The van der Waals surface area contributed by atoms with Crippen molar-refractivity contribution in [3.8, 4) is 0 Å². The van der Waals surface area contributed by atoms with Crippen molar-refractivity contribution in [2.75, 3.05) is 13.2 Å². The van der Waals surface area contributed by atoms with Gasteiger partial charge in [0.05, 0.1) is 17.6 Å². The Morgan fingerprint density at radius 3 is 2.87 bits per heavy atom. The highest BCUT2D eigenvalue weighted by atomic mass is 32.2. The third-order valence-electron chi connectivity index (χ3n) is 3.71. The lowest BCUT2D eigenvalue weighted by molar-refractivity contribution is -0.133. The molecule has 0 aliphatic carbocycles. The summed E-state index contributed by atoms with van der Waals surface area (Å²) in [5, 5.41) is 0. The van der Waals surface area contributed by atoms with Crippen molar-refractivity contribution in [1.29, 1.82) is 0 Å². The van der Waals surface area contributed by atoms with Crippen LogP contribution in [0.15, 0.2) is 29.2 Å². The Balaban J connectivity index is 1.89. The van der Waals surface area contributed by atoms with Crippen LogP contribution in [0.1, 0.15) is 31.7 Å². The van der Waals surface area contributed by atoms with E-state index in [1.165, 1.54) is 19.1 Å². The third kappa shape index (κ3) is 5.30. The summed E-state index contributed by atoms with van der Waals surface area (Å²) in [6.07, 6.45) is 2.14. The third-order valence-corrected chi connectivity index (χ3v) is 5.05. The summed E-state index contributed by atoms with van der Waals surface area (Å²) >= 11 is 0. The van der Waals surface area contributed by atoms with Gasteiger partial charge in [-0.15, -0.1) is 0 Å². The molecule has 0 aromatic heterocycles. The first-order chi connectivity index (χ1) is 10.9. The SMILES string of the molecule is Cc1cccc(S(=O)(=O)NC(=O)[C@H](C)OC[C@H]2CCCCO2)c1. The molecule has 0 saturated carbocycles. The lowest BCUT2D eigenvalue weighted by Crippen LogP contribution is -2.40. The largest absolute Gasteiger partial charge is 0.376 e. The van der Waals surface area contributed by atoms with E-state index in [0.717, 1.165) is 24.8 Å². The predicted octanol–water partition coefficient (Wildman–Crippen LogP) is 1.77. The Bertz CT molecular complexity index is 638. The molecule has 7 heteroatoms. The summed E-state index contributed by atoms with van der Waals surface area (Å²) in [5.41, 5.74) is 0.805. The number of hydrogen-bond donors (Lipinski definition) is 1. The van der Waals surface area contributed by atoms with E-state index >= 15 is 0 Å². The van der Waals surface area contributed by atoms with Gasteiger partial charge in [0, 0.05) is 6.61 Å². The number of nitrogens with one attached hydrogen (secondary N) is 1. The molecule has 1 aliphatic rings. The van der Waals surface area contributed by atoms with Crippen LogP contribution in [0.2, 0.25) is 0 Å². The quantitative estimate of drug-likeness (QED) is 0.853. The first-order valence-corrected chi connectivity index (χ1v) is 9.23. The van der Waals surface area contributed by atoms with Crippen molar-refractivity contribution in [3.63, 3.8) is 0 Å². The second kappa shape index (κ2) is 7.90. The van der Waals surface area contributed by atoms with E-state index in [0.29, 0.717) is 13.2 Å². The minimum Gasteiger partial charge on any atom is -0.376 e. The molecule has 0 radical (unpaired) electrons. The number of amides is 1. The number of benzene rings is 1. The van der Waals surface area contributed by atoms with Gasteiger partial charge in [-0.3, -0.25) is 4.79 Å². The van der Waals surface area contributed by atoms with Crippen LogP contribution in [0.3, 0.4) is 0 Å². The maximum Gasteiger partial charge on any atom is 0.264 e. The Morgan fingerprint density at radius 1 is 1.43 bits per heavy atom. The zero-order valence-corrected chi connectivity index (χ0v) is 14.3. The normalized spacial score (nSPS) is 20.0. The van der Waals surface area contributed by atoms with Crippen molar-refractivity contribution in [2.45, 2.75) is 50.2 Å². The molecule has 128 valence electrons. The van der Waals surface area contributed by atoms with E-state index in [2.05, 4.69) is 4.72 Å². The van der Waals surface area contributed by atoms with Crippen molar-refractivity contribution in [2.24, 2.45) is 0 Å². The fourth-order valence-corrected chi connectivity index (χ4v) is 3.47. The van der Waals surface area contributed by atoms with Gasteiger partial charge in [0.2, 0.25) is 0 Å². The number of hydrogen-bond acceptors (Lipinski definition) is 5. The second-order valence-electron chi connectivity index (χ2n) is 5.75. The molecule has 1 aromatic carbocycles. The van der Waals surface area contributed by atoms with E-state index in [1.54, 1.807) is 19.1 Å². The highest BCUT2D eigenvalue weighted by Gasteiger charge is 2.23. The summed E-state index contributed by atoms with van der Waals surface area (Å²) in [6.45, 7) is 4.32. The average Bonchev–Trinajstić information content (AvgIpc) is 2.53. The van der Waals surface area contributed by atoms with Crippen LogP contribution < -0.4 is 4.72 Å². The summed E-state index contributed by atoms with van der Waals surface area (Å²) in [6, 6.07) is 6.38. The molecule has 23 heavy (non-hydrogen) atoms. The zero-order valence-electron chi connectivity index (χ0n) is 13.4. The Kier molecular flexibility index (Phi) is 6.15. The van der Waals surface area contributed by atoms with E-state index in [1.807, 2.05) is 0 Å². The first-order valence-electron chi connectivity index (χ1n) is 7.75. The molecule has 1 N–H and O–H groups in total. The molecule has 0 spiro atoms. The molecule has 2 rings (SSSR count). The Morgan fingerprint density at radius 2 is 2.22 bits per heavy atom. The van der Waals surface area contributed by atoms with Gasteiger partial charge in [-0.05, 0) is 50.8 Å². The fraction of sp³-hybridized carbons (Fsp3) is 0.562. The summed E-state index contributed by atoms with van der Waals surface area (Å²) in [7, 11) is -3.88. The molecular formula is C16H23NO5S. The van der Waals surface area contributed by atoms with Crippen LogP contribution in [0.4, 0.5) is 0 Å². The van der Waals surface area contributed by atoms with Gasteiger partial charge in [0.15, 0.2) is 0 Å². The van der Waals surface area contributed by atoms with Crippen molar-refractivity contribution >= 4 is 15.9 Å². The van der Waals surface area contributed by atoms with Gasteiger partial charge in [0.1, 0.15) is 6.10 Å². The maximum absolute atomic E-state index is 12.2. The van der Waals surface area contributed by atoms with Crippen LogP contribution in [0, 0.1) is 6.92 Å². The number of sulfonamides is 1. The first kappa shape index (κ1) is 17.9. The Labute approximate surface area is 137 Å². The summed E-state index contributed by atoms with van der Waals surface area (Å²) < 4.78 is 37.4. The molecule has 1 amide bonds. The molecule has 6 nitrogen and oxygen atoms in total. The monoisotopic (exact) mass is 341 g/mol. The molecule has 1 aromatic rings. The lowest BCUT2D eigenvalue weighted by Gasteiger charge is -2.23. The minimum absolute atomic E-state index is 0.0209. The zero-order chi connectivity index (χ0) is 16.9. The van der Waals surface area contributed by atoms with Crippen LogP contribution in [-0.2, 0) is 24.3 Å². The second-order valence-corrected chi connectivity index (χ2v) is 7.43. The van der Waals surface area contributed by atoms with Gasteiger partial charge in [-0.25, -0.2) is 13.1 Å². The van der Waals surface area contributed by atoms with Gasteiger partial charge in [-0.1, -0.05) is 12.1 Å². The van der Waals surface area contributed by atoms with Gasteiger partial charge in [0.25, 0.3) is 15.9 Å². The Hall–Kier alpha value is -1.44. The molecule has 1 heterocycles. The number of ether oxygens (including phenoxy) is 2. The molecule has 0 bridgehead atoms. The van der Waals surface area contributed by atoms with E-state index < -0.39 is 22.0 Å². The van der Waals surface area contributed by atoms with Crippen LogP contribution in [0.25, 0.3) is 0 Å². The average molecular weight is 341 g/mol. The van der Waals surface area contributed by atoms with Crippen molar-refractivity contribution in [3.05, 3.63) is 29.8 Å². The van der Waals surface area contributed by atoms with Crippen molar-refractivity contribution < 1.29 is 22.7 Å². The molecule has 1 aliphatic heterocycles. The number of carbonyl (C=O) groups is 1. The highest BCUT2D eigenvalue weighted by molar-refractivity contribution is 7.90. The molecule has 1 saturated heterocycles. The van der Waals surface area contributed by atoms with Crippen LogP contribution in [-0.4, -0.2) is 39.7 Å². The number of carbonyl (C=O) groups excluding carboxylic acids is 1. The van der Waals surface area contributed by atoms with Gasteiger partial charge < -0.3 is 9.47 Å². The number of aryl methyl sites for hydroxylation is 1. The number of rotatable bonds is 6. The van der Waals surface area contributed by atoms with Crippen LogP contribution in [0.5, 0.6) is 0 Å². The lowest BCUT2D eigenvalue weighted by atomic mass is 10.1. The van der Waals surface area contributed by atoms with E-state index in [-0.39, 0.29) is 11.0 Å². The fourth-order valence-electron chi connectivity index (χ4n) is 2.32. The standard InChI is InChI=1S/C16H23NO5S/c1-12-6-5-8-15(10-12)23(19,20)17-16(18)13(2)22-11-14-7-3-4-9-21-14/h5-6,8,10,13-14H,3-4,7,9,11H2,1-2H3,(H,17,18)/t13-,14+/m0/s1. The van der Waals surface area contributed by atoms with E-state index in [4.69, 9.17) is 9.47 Å². The summed E-state index contributed by atoms with van der Waals surface area (Å²) in [5.74, 6) is -0.678. The smallest absolute Gasteiger partial charge is 0.264 e. The van der Waals surface area contributed by atoms with E-state index in [9.17, 15) is 13.2 Å². The molecule has 1 fully saturated rings. The molecule has 2 atom stereocenters. The van der Waals surface area contributed by atoms with Crippen LogP contribution >= 0.6 is 0 Å². The predicted molar refractivity (Wildman–Crippen MR) is 85.5 cm³/mol. The van der Waals surface area contributed by atoms with Crippen molar-refractivity contribution in [1.82, 2.24) is 4.72 Å². The molecular weight excluding hydrogens is 318 g/mol. The summed E-state index contributed by atoms with van der Waals surface area (Å²) in [4.78, 5) is 12.1.